The van der Waals surface area contributed by atoms with Gasteiger partial charge in [-0.05, 0) is 50.5 Å². The number of furan rings is 1. The second-order valence-electron chi connectivity index (χ2n) is 7.29. The third-order valence-electron chi connectivity index (χ3n) is 5.44. The van der Waals surface area contributed by atoms with E-state index in [0.29, 0.717) is 23.2 Å². The third-order valence-corrected chi connectivity index (χ3v) is 5.44. The monoisotopic (exact) mass is 381 g/mol. The van der Waals surface area contributed by atoms with Gasteiger partial charge in [-0.15, -0.1) is 0 Å². The lowest BCUT2D eigenvalue weighted by molar-refractivity contribution is -0.135. The SMILES string of the molecule is C[C@@H]1CCCCN1C(=O)Cn1c(=O)n(Cc2ccco2)c(=O)c2ccccc21. The van der Waals surface area contributed by atoms with Gasteiger partial charge in [0.15, 0.2) is 0 Å². The van der Waals surface area contributed by atoms with Crippen molar-refractivity contribution in [1.82, 2.24) is 14.0 Å². The maximum absolute atomic E-state index is 13.1. The summed E-state index contributed by atoms with van der Waals surface area (Å²) in [6.07, 6.45) is 4.56. The van der Waals surface area contributed by atoms with Crippen molar-refractivity contribution in [2.45, 2.75) is 45.3 Å². The van der Waals surface area contributed by atoms with E-state index < -0.39 is 5.69 Å². The molecule has 0 N–H and O–H groups in total. The summed E-state index contributed by atoms with van der Waals surface area (Å²) < 4.78 is 7.85. The summed E-state index contributed by atoms with van der Waals surface area (Å²) in [6, 6.07) is 10.5. The van der Waals surface area contributed by atoms with Crippen LogP contribution in [0.5, 0.6) is 0 Å². The number of piperidine rings is 1. The Morgan fingerprint density at radius 3 is 2.68 bits per heavy atom. The van der Waals surface area contributed by atoms with Gasteiger partial charge in [0.2, 0.25) is 5.91 Å². The van der Waals surface area contributed by atoms with E-state index in [0.717, 1.165) is 23.8 Å². The Bertz CT molecular complexity index is 1110. The van der Waals surface area contributed by atoms with Crippen LogP contribution in [0.3, 0.4) is 0 Å². The molecular weight excluding hydrogens is 358 g/mol. The fourth-order valence-electron chi connectivity index (χ4n) is 3.92. The molecule has 0 aliphatic carbocycles. The topological polar surface area (TPSA) is 77.5 Å². The third kappa shape index (κ3) is 3.28. The zero-order valence-corrected chi connectivity index (χ0v) is 15.8. The highest BCUT2D eigenvalue weighted by Crippen LogP contribution is 2.17. The lowest BCUT2D eigenvalue weighted by Gasteiger charge is -2.33. The Morgan fingerprint density at radius 1 is 1.11 bits per heavy atom. The number of nitrogens with zero attached hydrogens (tertiary/aromatic N) is 3. The number of aromatic nitrogens is 2. The van der Waals surface area contributed by atoms with E-state index in [-0.39, 0.29) is 30.6 Å². The molecule has 1 aromatic carbocycles. The van der Waals surface area contributed by atoms with Crippen molar-refractivity contribution < 1.29 is 9.21 Å². The second-order valence-corrected chi connectivity index (χ2v) is 7.29. The lowest BCUT2D eigenvalue weighted by atomic mass is 10.0. The summed E-state index contributed by atoms with van der Waals surface area (Å²) in [5.74, 6) is 0.416. The molecule has 0 saturated carbocycles. The predicted octanol–water partition coefficient (Wildman–Crippen LogP) is 2.21. The quantitative estimate of drug-likeness (QED) is 0.694. The number of carbonyl (C=O) groups is 1. The standard InChI is InChI=1S/C21H23N3O4/c1-15-7-4-5-11-22(15)19(25)14-23-18-10-3-2-9-17(18)20(26)24(21(23)27)13-16-8-6-12-28-16/h2-3,6,8-10,12,15H,4-5,7,11,13-14H2,1H3/t15-/m1/s1. The number of hydrogen-bond donors (Lipinski definition) is 0. The van der Waals surface area contributed by atoms with Gasteiger partial charge >= 0.3 is 5.69 Å². The molecule has 0 unspecified atom stereocenters. The average molecular weight is 381 g/mol. The van der Waals surface area contributed by atoms with Crippen LogP contribution in [0.2, 0.25) is 0 Å². The molecule has 28 heavy (non-hydrogen) atoms. The van der Waals surface area contributed by atoms with Crippen molar-refractivity contribution >= 4 is 16.8 Å². The van der Waals surface area contributed by atoms with E-state index in [1.165, 1.54) is 10.8 Å². The van der Waals surface area contributed by atoms with Crippen LogP contribution in [0.25, 0.3) is 10.9 Å². The number of fused-ring (bicyclic) bond motifs is 1. The predicted molar refractivity (Wildman–Crippen MR) is 105 cm³/mol. The van der Waals surface area contributed by atoms with E-state index in [1.54, 1.807) is 36.4 Å². The van der Waals surface area contributed by atoms with Gasteiger partial charge in [0.1, 0.15) is 12.3 Å². The molecule has 1 saturated heterocycles. The first kappa shape index (κ1) is 18.3. The highest BCUT2D eigenvalue weighted by molar-refractivity contribution is 5.81. The largest absolute Gasteiger partial charge is 0.467 e. The molecule has 1 aliphatic heterocycles. The molecule has 146 valence electrons. The highest BCUT2D eigenvalue weighted by atomic mass is 16.3. The average Bonchev–Trinajstić information content (AvgIpc) is 3.22. The summed E-state index contributed by atoms with van der Waals surface area (Å²) in [7, 11) is 0. The molecule has 3 aromatic rings. The van der Waals surface area contributed by atoms with Crippen LogP contribution in [-0.2, 0) is 17.9 Å². The maximum atomic E-state index is 13.1. The van der Waals surface area contributed by atoms with Gasteiger partial charge < -0.3 is 9.32 Å². The Hall–Kier alpha value is -3.09. The molecule has 3 heterocycles. The number of amides is 1. The van der Waals surface area contributed by atoms with E-state index in [9.17, 15) is 14.4 Å². The molecule has 1 fully saturated rings. The van der Waals surface area contributed by atoms with E-state index >= 15 is 0 Å². The summed E-state index contributed by atoms with van der Waals surface area (Å²) >= 11 is 0. The van der Waals surface area contributed by atoms with Crippen molar-refractivity contribution in [3.63, 3.8) is 0 Å². The molecule has 7 heteroatoms. The van der Waals surface area contributed by atoms with Crippen molar-refractivity contribution in [2.24, 2.45) is 0 Å². The summed E-state index contributed by atoms with van der Waals surface area (Å²) in [5, 5.41) is 0.410. The summed E-state index contributed by atoms with van der Waals surface area (Å²) in [5.41, 5.74) is -0.406. The molecule has 1 atom stereocenters. The Morgan fingerprint density at radius 2 is 1.93 bits per heavy atom. The Balaban J connectivity index is 1.79. The first-order valence-electron chi connectivity index (χ1n) is 9.60. The molecule has 2 aromatic heterocycles. The van der Waals surface area contributed by atoms with Gasteiger partial charge in [0.05, 0.1) is 23.7 Å². The van der Waals surface area contributed by atoms with Crippen LogP contribution in [0.1, 0.15) is 31.9 Å². The van der Waals surface area contributed by atoms with Crippen molar-refractivity contribution in [1.29, 1.82) is 0 Å². The Kier molecular flexibility index (Phi) is 4.90. The molecule has 4 rings (SSSR count). The minimum Gasteiger partial charge on any atom is -0.467 e. The van der Waals surface area contributed by atoms with Gasteiger partial charge in [-0.2, -0.15) is 0 Å². The fourth-order valence-corrected chi connectivity index (χ4v) is 3.92. The molecular formula is C21H23N3O4. The molecule has 0 radical (unpaired) electrons. The summed E-state index contributed by atoms with van der Waals surface area (Å²) in [6.45, 7) is 2.69. The van der Waals surface area contributed by atoms with Gasteiger partial charge in [-0.3, -0.25) is 18.7 Å². The van der Waals surface area contributed by atoms with Crippen LogP contribution in [0, 0.1) is 0 Å². The minimum atomic E-state index is -0.502. The van der Waals surface area contributed by atoms with Crippen molar-refractivity contribution in [3.8, 4) is 0 Å². The van der Waals surface area contributed by atoms with Crippen LogP contribution < -0.4 is 11.2 Å². The van der Waals surface area contributed by atoms with E-state index in [2.05, 4.69) is 0 Å². The molecule has 1 aliphatic rings. The first-order valence-corrected chi connectivity index (χ1v) is 9.60. The van der Waals surface area contributed by atoms with Crippen LogP contribution in [0.15, 0.2) is 56.7 Å². The number of carbonyl (C=O) groups excluding carboxylic acids is 1. The van der Waals surface area contributed by atoms with Gasteiger partial charge in [-0.25, -0.2) is 4.79 Å². The fraction of sp³-hybridized carbons (Fsp3) is 0.381. The van der Waals surface area contributed by atoms with Gasteiger partial charge in [0.25, 0.3) is 5.56 Å². The Labute approximate surface area is 161 Å². The number of para-hydroxylation sites is 1. The zero-order valence-electron chi connectivity index (χ0n) is 15.8. The smallest absolute Gasteiger partial charge is 0.332 e. The van der Waals surface area contributed by atoms with Gasteiger partial charge in [-0.1, -0.05) is 12.1 Å². The second kappa shape index (κ2) is 7.50. The molecule has 0 bridgehead atoms. The number of benzene rings is 1. The van der Waals surface area contributed by atoms with Crippen LogP contribution >= 0.6 is 0 Å². The van der Waals surface area contributed by atoms with Crippen molar-refractivity contribution in [3.05, 3.63) is 69.3 Å². The van der Waals surface area contributed by atoms with Crippen LogP contribution in [-0.4, -0.2) is 32.5 Å². The normalized spacial score (nSPS) is 17.2. The van der Waals surface area contributed by atoms with E-state index in [1.807, 2.05) is 11.8 Å². The first-order chi connectivity index (χ1) is 13.6. The molecule has 7 nitrogen and oxygen atoms in total. The minimum absolute atomic E-state index is 0.0316. The highest BCUT2D eigenvalue weighted by Gasteiger charge is 2.25. The van der Waals surface area contributed by atoms with Gasteiger partial charge in [0, 0.05) is 12.6 Å². The number of hydrogen-bond acceptors (Lipinski definition) is 4. The lowest BCUT2D eigenvalue weighted by Crippen LogP contribution is -2.47. The summed E-state index contributed by atoms with van der Waals surface area (Å²) in [4.78, 5) is 40.8. The number of likely N-dealkylation sites (tertiary alicyclic amines) is 1. The van der Waals surface area contributed by atoms with Crippen molar-refractivity contribution in [2.75, 3.05) is 6.54 Å². The molecule has 1 amide bonds. The molecule has 0 spiro atoms. The van der Waals surface area contributed by atoms with Crippen LogP contribution in [0.4, 0.5) is 0 Å². The maximum Gasteiger partial charge on any atom is 0.332 e. The van der Waals surface area contributed by atoms with E-state index in [4.69, 9.17) is 4.42 Å². The number of rotatable bonds is 4. The zero-order chi connectivity index (χ0) is 19.7.